The van der Waals surface area contributed by atoms with E-state index in [-0.39, 0.29) is 0 Å². The third-order valence-corrected chi connectivity index (χ3v) is 8.35. The molecule has 0 N–H and O–H groups in total. The van der Waals surface area contributed by atoms with E-state index in [2.05, 4.69) is 49.2 Å². The molecule has 0 radical (unpaired) electrons. The molecule has 1 heterocycles. The molecule has 0 atom stereocenters. The highest BCUT2D eigenvalue weighted by Crippen LogP contribution is 2.15. The van der Waals surface area contributed by atoms with E-state index in [0.717, 1.165) is 0 Å². The molecule has 37 heavy (non-hydrogen) atoms. The summed E-state index contributed by atoms with van der Waals surface area (Å²) in [5, 5.41) is 0. The lowest BCUT2D eigenvalue weighted by Crippen LogP contribution is -2.37. The van der Waals surface area contributed by atoms with Crippen LogP contribution in [-0.4, -0.2) is 4.57 Å². The second kappa shape index (κ2) is 25.5. The average Bonchev–Trinajstić information content (AvgIpc) is 3.30. The first-order valence-electron chi connectivity index (χ1n) is 17.3. The Morgan fingerprint density at radius 3 is 1.24 bits per heavy atom. The molecule has 2 nitrogen and oxygen atoms in total. The van der Waals surface area contributed by atoms with Gasteiger partial charge in [0.25, 0.3) is 5.82 Å². The molecule has 0 fully saturated rings. The van der Waals surface area contributed by atoms with Crippen molar-refractivity contribution in [1.82, 2.24) is 4.57 Å². The lowest BCUT2D eigenvalue weighted by Gasteiger charge is -2.08. The van der Waals surface area contributed by atoms with Crippen molar-refractivity contribution < 1.29 is 4.57 Å². The van der Waals surface area contributed by atoms with E-state index in [0.29, 0.717) is 6.04 Å². The molecular formula is C35H69N2+. The number of aromatic nitrogens is 2. The summed E-state index contributed by atoms with van der Waals surface area (Å²) >= 11 is 0. The maximum Gasteiger partial charge on any atom is 0.256 e. The number of rotatable bonds is 28. The van der Waals surface area contributed by atoms with Gasteiger partial charge in [0.1, 0.15) is 12.4 Å². The molecule has 0 aliphatic rings. The van der Waals surface area contributed by atoms with Gasteiger partial charge >= 0.3 is 0 Å². The van der Waals surface area contributed by atoms with Crippen LogP contribution in [0.1, 0.15) is 200 Å². The van der Waals surface area contributed by atoms with E-state index in [1.54, 1.807) is 5.82 Å². The summed E-state index contributed by atoms with van der Waals surface area (Å²) < 4.78 is 5.11. The molecule has 0 saturated heterocycles. The molecule has 2 heteroatoms. The van der Waals surface area contributed by atoms with Gasteiger partial charge in [0.05, 0.1) is 12.6 Å². The van der Waals surface area contributed by atoms with E-state index in [1.807, 2.05) is 0 Å². The van der Waals surface area contributed by atoms with E-state index in [9.17, 15) is 0 Å². The molecule has 0 aliphatic heterocycles. The standard InChI is InChI=1S/C35H69N2/c1-5-7-9-11-13-15-17-19-21-23-25-27-29-31-36-32-33-37(34(3)4)35(36)30-28-26-24-22-20-18-16-14-12-10-8-6-2/h32-34H,5-31H2,1-4H3/q+1. The van der Waals surface area contributed by atoms with Crippen LogP contribution in [0.25, 0.3) is 0 Å². The van der Waals surface area contributed by atoms with Crippen LogP contribution in [0.15, 0.2) is 12.4 Å². The van der Waals surface area contributed by atoms with E-state index >= 15 is 0 Å². The van der Waals surface area contributed by atoms with Crippen LogP contribution in [0, 0.1) is 0 Å². The number of hydrogen-bond donors (Lipinski definition) is 0. The molecule has 1 rings (SSSR count). The fraction of sp³-hybridized carbons (Fsp3) is 0.914. The Morgan fingerprint density at radius 2 is 0.865 bits per heavy atom. The van der Waals surface area contributed by atoms with Crippen molar-refractivity contribution in [3.63, 3.8) is 0 Å². The van der Waals surface area contributed by atoms with E-state index in [4.69, 9.17) is 0 Å². The molecular weight excluding hydrogens is 448 g/mol. The number of nitrogens with zero attached hydrogens (tertiary/aromatic N) is 2. The predicted octanol–water partition coefficient (Wildman–Crippen LogP) is 11.7. The largest absolute Gasteiger partial charge is 0.256 e. The average molecular weight is 518 g/mol. The second-order valence-electron chi connectivity index (χ2n) is 12.3. The highest BCUT2D eigenvalue weighted by atomic mass is 15.2. The van der Waals surface area contributed by atoms with Crippen LogP contribution in [-0.2, 0) is 13.0 Å². The zero-order valence-electron chi connectivity index (χ0n) is 26.2. The lowest BCUT2D eigenvalue weighted by molar-refractivity contribution is -0.704. The Morgan fingerprint density at radius 1 is 0.514 bits per heavy atom. The minimum absolute atomic E-state index is 0.570. The number of hydrogen-bond acceptors (Lipinski definition) is 0. The van der Waals surface area contributed by atoms with Crippen molar-refractivity contribution in [3.8, 4) is 0 Å². The zero-order valence-corrected chi connectivity index (χ0v) is 26.2. The van der Waals surface area contributed by atoms with Gasteiger partial charge in [0, 0.05) is 6.42 Å². The van der Waals surface area contributed by atoms with Crippen LogP contribution >= 0.6 is 0 Å². The minimum Gasteiger partial charge on any atom is -0.234 e. The van der Waals surface area contributed by atoms with Crippen molar-refractivity contribution in [2.75, 3.05) is 0 Å². The topological polar surface area (TPSA) is 8.81 Å². The summed E-state index contributed by atoms with van der Waals surface area (Å²) in [6, 6.07) is 0.570. The molecule has 0 bridgehead atoms. The van der Waals surface area contributed by atoms with E-state index in [1.165, 1.54) is 173 Å². The third-order valence-electron chi connectivity index (χ3n) is 8.35. The van der Waals surface area contributed by atoms with Crippen LogP contribution in [0.4, 0.5) is 0 Å². The van der Waals surface area contributed by atoms with Gasteiger partial charge in [0.15, 0.2) is 0 Å². The predicted molar refractivity (Wildman–Crippen MR) is 165 cm³/mol. The summed E-state index contributed by atoms with van der Waals surface area (Å²) in [7, 11) is 0. The monoisotopic (exact) mass is 518 g/mol. The SMILES string of the molecule is CCCCCCCCCCCCCCC[n+]1ccn(C(C)C)c1CCCCCCCCCCCCCC. The fourth-order valence-corrected chi connectivity index (χ4v) is 5.84. The molecule has 0 amide bonds. The molecule has 0 saturated carbocycles. The van der Waals surface area contributed by atoms with Crippen LogP contribution in [0.5, 0.6) is 0 Å². The third kappa shape index (κ3) is 19.0. The molecule has 0 spiro atoms. The van der Waals surface area contributed by atoms with Gasteiger partial charge < -0.3 is 0 Å². The van der Waals surface area contributed by atoms with Crippen molar-refractivity contribution in [2.45, 2.75) is 207 Å². The molecule has 218 valence electrons. The Hall–Kier alpha value is -0.790. The number of aryl methyl sites for hydroxylation is 1. The lowest BCUT2D eigenvalue weighted by atomic mass is 10.0. The molecule has 1 aromatic rings. The van der Waals surface area contributed by atoms with Crippen molar-refractivity contribution in [2.24, 2.45) is 0 Å². The number of unbranched alkanes of at least 4 members (excludes halogenated alkanes) is 23. The number of imidazole rings is 1. The minimum atomic E-state index is 0.570. The van der Waals surface area contributed by atoms with E-state index < -0.39 is 0 Å². The summed E-state index contributed by atoms with van der Waals surface area (Å²) in [4.78, 5) is 0. The maximum atomic E-state index is 2.58. The highest BCUT2D eigenvalue weighted by molar-refractivity contribution is 4.86. The van der Waals surface area contributed by atoms with Crippen LogP contribution < -0.4 is 4.57 Å². The first kappa shape index (κ1) is 34.2. The van der Waals surface area contributed by atoms with Gasteiger partial charge in [-0.25, -0.2) is 9.13 Å². The Balaban J connectivity index is 2.09. The zero-order chi connectivity index (χ0) is 26.8. The van der Waals surface area contributed by atoms with Crippen molar-refractivity contribution in [1.29, 1.82) is 0 Å². The summed E-state index contributed by atoms with van der Waals surface area (Å²) in [5.41, 5.74) is 0. The van der Waals surface area contributed by atoms with Gasteiger partial charge in [-0.05, 0) is 33.1 Å². The summed E-state index contributed by atoms with van der Waals surface area (Å²) in [6.07, 6.45) is 41.8. The first-order chi connectivity index (χ1) is 18.2. The quantitative estimate of drug-likeness (QED) is 0.0771. The van der Waals surface area contributed by atoms with Gasteiger partial charge in [-0.15, -0.1) is 0 Å². The van der Waals surface area contributed by atoms with Crippen LogP contribution in [0.3, 0.4) is 0 Å². The molecule has 0 aliphatic carbocycles. The van der Waals surface area contributed by atoms with Gasteiger partial charge in [-0.2, -0.15) is 0 Å². The fourth-order valence-electron chi connectivity index (χ4n) is 5.84. The molecule has 0 unspecified atom stereocenters. The van der Waals surface area contributed by atoms with Crippen LogP contribution in [0.2, 0.25) is 0 Å². The Bertz CT molecular complexity index is 588. The first-order valence-corrected chi connectivity index (χ1v) is 17.3. The maximum absolute atomic E-state index is 2.58. The van der Waals surface area contributed by atoms with Gasteiger partial charge in [-0.3, -0.25) is 0 Å². The van der Waals surface area contributed by atoms with Crippen molar-refractivity contribution >= 4 is 0 Å². The normalized spacial score (nSPS) is 11.7. The molecule has 0 aromatic carbocycles. The summed E-state index contributed by atoms with van der Waals surface area (Å²) in [6.45, 7) is 10.5. The Kier molecular flexibility index (Phi) is 23.6. The highest BCUT2D eigenvalue weighted by Gasteiger charge is 2.18. The second-order valence-corrected chi connectivity index (χ2v) is 12.3. The van der Waals surface area contributed by atoms with Gasteiger partial charge in [0.2, 0.25) is 0 Å². The van der Waals surface area contributed by atoms with Gasteiger partial charge in [-0.1, -0.05) is 155 Å². The Labute approximate surface area is 234 Å². The molecule has 1 aromatic heterocycles. The summed E-state index contributed by atoms with van der Waals surface area (Å²) in [5.74, 6) is 1.57. The van der Waals surface area contributed by atoms with Crippen molar-refractivity contribution in [3.05, 3.63) is 18.2 Å². The smallest absolute Gasteiger partial charge is 0.234 e.